The summed E-state index contributed by atoms with van der Waals surface area (Å²) >= 11 is 0. The van der Waals surface area contributed by atoms with Crippen LogP contribution in [0, 0.1) is 11.7 Å². The summed E-state index contributed by atoms with van der Waals surface area (Å²) in [5.41, 5.74) is 1.10. The van der Waals surface area contributed by atoms with Crippen molar-refractivity contribution in [3.05, 3.63) is 35.6 Å². The van der Waals surface area contributed by atoms with Crippen molar-refractivity contribution in [3.63, 3.8) is 0 Å². The van der Waals surface area contributed by atoms with E-state index in [4.69, 9.17) is 14.2 Å². The van der Waals surface area contributed by atoms with Gasteiger partial charge >= 0.3 is 0 Å². The van der Waals surface area contributed by atoms with Gasteiger partial charge in [-0.15, -0.1) is 0 Å². The molecule has 0 radical (unpaired) electrons. The summed E-state index contributed by atoms with van der Waals surface area (Å²) in [6.45, 7) is 10.7. The number of rotatable bonds is 24. The molecule has 3 nitrogen and oxygen atoms in total. The maximum absolute atomic E-state index is 13.4. The standard InChI is InChI=1S/C31H55FO3/c1-5-9-10-11-12-16-21-29(31(33-24-6-2,34-25-7-3)35-26-8-4)22-17-14-13-15-19-28-20-18-23-30(32)27-28/h18,20,23,27,29H,5-17,19,21-22,24-26H2,1-4H3. The third-order valence-corrected chi connectivity index (χ3v) is 6.59. The second-order valence-electron chi connectivity index (χ2n) is 9.99. The topological polar surface area (TPSA) is 27.7 Å². The van der Waals surface area contributed by atoms with E-state index in [9.17, 15) is 4.39 Å². The van der Waals surface area contributed by atoms with Crippen LogP contribution < -0.4 is 0 Å². The van der Waals surface area contributed by atoms with E-state index in [1.54, 1.807) is 12.1 Å². The zero-order valence-corrected chi connectivity index (χ0v) is 23.4. The van der Waals surface area contributed by atoms with E-state index < -0.39 is 5.97 Å². The van der Waals surface area contributed by atoms with Gasteiger partial charge in [0.25, 0.3) is 5.97 Å². The van der Waals surface area contributed by atoms with Crippen molar-refractivity contribution in [2.75, 3.05) is 19.8 Å². The molecule has 204 valence electrons. The summed E-state index contributed by atoms with van der Waals surface area (Å²) in [7, 11) is 0. The highest BCUT2D eigenvalue weighted by Crippen LogP contribution is 2.35. The van der Waals surface area contributed by atoms with Gasteiger partial charge < -0.3 is 14.2 Å². The van der Waals surface area contributed by atoms with Gasteiger partial charge in [0.15, 0.2) is 0 Å². The van der Waals surface area contributed by atoms with E-state index in [0.29, 0.717) is 19.8 Å². The summed E-state index contributed by atoms with van der Waals surface area (Å²) in [6, 6.07) is 7.00. The van der Waals surface area contributed by atoms with Gasteiger partial charge in [-0.3, -0.25) is 0 Å². The first-order valence-corrected chi connectivity index (χ1v) is 14.8. The van der Waals surface area contributed by atoms with Gasteiger partial charge in [0.2, 0.25) is 0 Å². The van der Waals surface area contributed by atoms with Crippen LogP contribution in [0.15, 0.2) is 24.3 Å². The number of hydrogen-bond acceptors (Lipinski definition) is 3. The summed E-state index contributed by atoms with van der Waals surface area (Å²) < 4.78 is 32.6. The lowest BCUT2D eigenvalue weighted by atomic mass is 9.91. The van der Waals surface area contributed by atoms with Gasteiger partial charge in [-0.05, 0) is 62.6 Å². The molecule has 4 heteroatoms. The molecule has 0 bridgehead atoms. The highest BCUT2D eigenvalue weighted by molar-refractivity contribution is 5.16. The second kappa shape index (κ2) is 21.1. The highest BCUT2D eigenvalue weighted by atomic mass is 19.1. The fourth-order valence-electron chi connectivity index (χ4n) is 4.65. The maximum Gasteiger partial charge on any atom is 0.285 e. The van der Waals surface area contributed by atoms with Crippen LogP contribution in [0.4, 0.5) is 4.39 Å². The zero-order chi connectivity index (χ0) is 25.6. The predicted octanol–water partition coefficient (Wildman–Crippen LogP) is 9.62. The van der Waals surface area contributed by atoms with E-state index >= 15 is 0 Å². The molecular weight excluding hydrogens is 439 g/mol. The molecule has 0 aliphatic carbocycles. The number of halogens is 1. The van der Waals surface area contributed by atoms with Crippen LogP contribution in [0.1, 0.15) is 130 Å². The molecule has 0 aliphatic rings. The Hall–Kier alpha value is -0.970. The van der Waals surface area contributed by atoms with E-state index in [1.165, 1.54) is 51.0 Å². The minimum Gasteiger partial charge on any atom is -0.327 e. The Kier molecular flexibility index (Phi) is 19.4. The van der Waals surface area contributed by atoms with E-state index in [2.05, 4.69) is 27.7 Å². The molecule has 1 aromatic rings. The fourth-order valence-corrected chi connectivity index (χ4v) is 4.65. The zero-order valence-electron chi connectivity index (χ0n) is 23.4. The molecule has 0 heterocycles. The SMILES string of the molecule is CCCCCCCCC(CCCCCCc1cccc(F)c1)C(OCCC)(OCCC)OCCC. The molecule has 1 rings (SSSR count). The largest absolute Gasteiger partial charge is 0.327 e. The van der Waals surface area contributed by atoms with Gasteiger partial charge in [-0.25, -0.2) is 4.39 Å². The molecule has 0 N–H and O–H groups in total. The minimum absolute atomic E-state index is 0.136. The van der Waals surface area contributed by atoms with E-state index in [-0.39, 0.29) is 11.7 Å². The van der Waals surface area contributed by atoms with Gasteiger partial charge in [0, 0.05) is 5.92 Å². The first kappa shape index (κ1) is 32.1. The first-order chi connectivity index (χ1) is 17.1. The van der Waals surface area contributed by atoms with Crippen molar-refractivity contribution >= 4 is 0 Å². The van der Waals surface area contributed by atoms with E-state index in [1.807, 2.05) is 6.07 Å². The van der Waals surface area contributed by atoms with Gasteiger partial charge in [0.1, 0.15) is 5.82 Å². The molecule has 35 heavy (non-hydrogen) atoms. The fraction of sp³-hybridized carbons (Fsp3) is 0.806. The van der Waals surface area contributed by atoms with Gasteiger partial charge in [-0.1, -0.05) is 97.6 Å². The van der Waals surface area contributed by atoms with Crippen molar-refractivity contribution in [1.82, 2.24) is 0 Å². The van der Waals surface area contributed by atoms with Crippen molar-refractivity contribution < 1.29 is 18.6 Å². The Bertz CT molecular complexity index is 585. The minimum atomic E-state index is -0.910. The highest BCUT2D eigenvalue weighted by Gasteiger charge is 2.41. The second-order valence-corrected chi connectivity index (χ2v) is 9.99. The van der Waals surface area contributed by atoms with Gasteiger partial charge in [-0.2, -0.15) is 0 Å². The molecule has 0 aliphatic heterocycles. The van der Waals surface area contributed by atoms with Crippen molar-refractivity contribution in [2.24, 2.45) is 5.92 Å². The number of ether oxygens (including phenoxy) is 3. The molecule has 1 atom stereocenters. The Morgan fingerprint density at radius 3 is 1.69 bits per heavy atom. The molecule has 1 aromatic carbocycles. The molecule has 0 amide bonds. The van der Waals surface area contributed by atoms with Crippen molar-refractivity contribution in [2.45, 2.75) is 136 Å². The third-order valence-electron chi connectivity index (χ3n) is 6.59. The third kappa shape index (κ3) is 14.4. The summed E-state index contributed by atoms with van der Waals surface area (Å²) in [4.78, 5) is 0. The number of hydrogen-bond donors (Lipinski definition) is 0. The first-order valence-electron chi connectivity index (χ1n) is 14.8. The van der Waals surface area contributed by atoms with Crippen molar-refractivity contribution in [1.29, 1.82) is 0 Å². The monoisotopic (exact) mass is 494 g/mol. The predicted molar refractivity (Wildman–Crippen MR) is 146 cm³/mol. The number of benzene rings is 1. The normalized spacial score (nSPS) is 12.8. The lowest BCUT2D eigenvalue weighted by Crippen LogP contribution is -2.47. The summed E-state index contributed by atoms with van der Waals surface area (Å²) in [5.74, 6) is -0.795. The maximum atomic E-state index is 13.4. The van der Waals surface area contributed by atoms with Crippen molar-refractivity contribution in [3.8, 4) is 0 Å². The molecule has 0 spiro atoms. The van der Waals surface area contributed by atoms with Crippen LogP contribution in [-0.2, 0) is 20.6 Å². The summed E-state index contributed by atoms with van der Waals surface area (Å²) in [5, 5.41) is 0. The van der Waals surface area contributed by atoms with Crippen LogP contribution in [0.3, 0.4) is 0 Å². The molecule has 0 fully saturated rings. The smallest absolute Gasteiger partial charge is 0.285 e. The molecule has 1 unspecified atom stereocenters. The van der Waals surface area contributed by atoms with Crippen LogP contribution in [0.5, 0.6) is 0 Å². The molecule has 0 saturated heterocycles. The Morgan fingerprint density at radius 2 is 1.17 bits per heavy atom. The lowest BCUT2D eigenvalue weighted by Gasteiger charge is -2.40. The van der Waals surface area contributed by atoms with Gasteiger partial charge in [0.05, 0.1) is 19.8 Å². The van der Waals surface area contributed by atoms with Crippen LogP contribution in [-0.4, -0.2) is 25.8 Å². The Balaban J connectivity index is 2.70. The molecule has 0 saturated carbocycles. The van der Waals surface area contributed by atoms with Crippen LogP contribution in [0.25, 0.3) is 0 Å². The number of unbranched alkanes of at least 4 members (excludes halogenated alkanes) is 8. The average molecular weight is 495 g/mol. The Morgan fingerprint density at radius 1 is 0.657 bits per heavy atom. The average Bonchev–Trinajstić information content (AvgIpc) is 2.87. The molecule has 0 aromatic heterocycles. The number of aryl methyl sites for hydroxylation is 1. The Labute approximate surface area is 216 Å². The molecular formula is C31H55FO3. The van der Waals surface area contributed by atoms with Crippen LogP contribution in [0.2, 0.25) is 0 Å². The van der Waals surface area contributed by atoms with Crippen LogP contribution >= 0.6 is 0 Å². The van der Waals surface area contributed by atoms with E-state index in [0.717, 1.165) is 63.4 Å². The quantitative estimate of drug-likeness (QED) is 0.106. The summed E-state index contributed by atoms with van der Waals surface area (Å²) in [6.07, 6.45) is 18.3. The lowest BCUT2D eigenvalue weighted by molar-refractivity contribution is -0.406.